The second-order valence-corrected chi connectivity index (χ2v) is 5.72. The van der Waals surface area contributed by atoms with Gasteiger partial charge in [0.25, 0.3) is 0 Å². The molecule has 0 spiro atoms. The Hall–Kier alpha value is -2.86. The van der Waals surface area contributed by atoms with E-state index in [0.29, 0.717) is 0 Å². The van der Waals surface area contributed by atoms with Gasteiger partial charge in [-0.15, -0.1) is 0 Å². The van der Waals surface area contributed by atoms with Gasteiger partial charge >= 0.3 is 0 Å². The third kappa shape index (κ3) is 4.57. The van der Waals surface area contributed by atoms with Crippen LogP contribution >= 0.6 is 0 Å². The molecule has 0 saturated carbocycles. The lowest BCUT2D eigenvalue weighted by molar-refractivity contribution is 1.30. The van der Waals surface area contributed by atoms with Crippen LogP contribution in [-0.4, -0.2) is 0 Å². The van der Waals surface area contributed by atoms with Crippen molar-refractivity contribution in [2.24, 2.45) is 0 Å². The molecule has 0 radical (unpaired) electrons. The topological polar surface area (TPSA) is 0 Å². The van der Waals surface area contributed by atoms with Crippen molar-refractivity contribution in [1.82, 2.24) is 0 Å². The van der Waals surface area contributed by atoms with Gasteiger partial charge in [-0.1, -0.05) is 109 Å². The molecule has 2 aromatic carbocycles. The van der Waals surface area contributed by atoms with Crippen LogP contribution in [0.15, 0.2) is 120 Å². The van der Waals surface area contributed by atoms with Crippen LogP contribution in [0.2, 0.25) is 0 Å². The second-order valence-electron chi connectivity index (χ2n) is 5.72. The molecule has 0 aromatic heterocycles. The molecule has 0 bridgehead atoms. The van der Waals surface area contributed by atoms with E-state index in [1.165, 1.54) is 22.3 Å². The molecule has 0 aliphatic heterocycles. The van der Waals surface area contributed by atoms with Crippen LogP contribution in [0.1, 0.15) is 12.8 Å². The van der Waals surface area contributed by atoms with Crippen molar-refractivity contribution in [3.63, 3.8) is 0 Å². The Morgan fingerprint density at radius 3 is 1.08 bits per heavy atom. The Balaban J connectivity index is 0.000000141. The first kappa shape index (κ1) is 16.0. The first-order valence-electron chi connectivity index (χ1n) is 8.44. The zero-order valence-corrected chi connectivity index (χ0v) is 13.8. The van der Waals surface area contributed by atoms with Gasteiger partial charge in [-0.05, 0) is 35.1 Å². The average molecular weight is 310 g/mol. The molecule has 118 valence electrons. The number of hydrogen-bond acceptors (Lipinski definition) is 0. The van der Waals surface area contributed by atoms with Crippen molar-refractivity contribution < 1.29 is 0 Å². The molecule has 24 heavy (non-hydrogen) atoms. The molecule has 0 heterocycles. The van der Waals surface area contributed by atoms with Gasteiger partial charge in [-0.25, -0.2) is 0 Å². The minimum absolute atomic E-state index is 1.07. The predicted molar refractivity (Wildman–Crippen MR) is 105 cm³/mol. The summed E-state index contributed by atoms with van der Waals surface area (Å²) in [6.45, 7) is 0. The minimum Gasteiger partial charge on any atom is -0.0801 e. The van der Waals surface area contributed by atoms with Crippen LogP contribution in [0, 0.1) is 0 Å². The van der Waals surface area contributed by atoms with Crippen molar-refractivity contribution in [3.8, 4) is 11.1 Å². The van der Waals surface area contributed by atoms with Gasteiger partial charge in [-0.3, -0.25) is 0 Å². The molecule has 0 atom stereocenters. The molecular weight excluding hydrogens is 288 g/mol. The zero-order chi connectivity index (χ0) is 16.5. The van der Waals surface area contributed by atoms with E-state index in [2.05, 4.69) is 97.1 Å². The Labute approximate surface area is 144 Å². The van der Waals surface area contributed by atoms with Gasteiger partial charge in [0.15, 0.2) is 0 Å². The lowest BCUT2D eigenvalue weighted by Gasteiger charge is -2.06. The van der Waals surface area contributed by atoms with Gasteiger partial charge in [0, 0.05) is 0 Å². The first-order chi connectivity index (χ1) is 11.9. The average Bonchev–Trinajstić information content (AvgIpc) is 2.71. The molecule has 0 saturated heterocycles. The van der Waals surface area contributed by atoms with E-state index in [-0.39, 0.29) is 0 Å². The number of rotatable bonds is 1. The number of benzene rings is 2. The van der Waals surface area contributed by atoms with Gasteiger partial charge in [0.2, 0.25) is 0 Å². The van der Waals surface area contributed by atoms with E-state index in [0.717, 1.165) is 12.8 Å². The summed E-state index contributed by atoms with van der Waals surface area (Å²) in [5.41, 5.74) is 5.21. The Morgan fingerprint density at radius 1 is 0.417 bits per heavy atom. The van der Waals surface area contributed by atoms with Crippen LogP contribution in [0.5, 0.6) is 0 Å². The molecule has 2 aromatic rings. The standard InChI is InChI=1S/C12H12.C12H10/c2*1-3-7-11(8-4-1)12-9-5-2-6-10-12/h3-10H,1-2H2;1-10H. The third-order valence-electron chi connectivity index (χ3n) is 3.95. The Bertz CT molecular complexity index is 687. The van der Waals surface area contributed by atoms with Crippen molar-refractivity contribution in [1.29, 1.82) is 0 Å². The van der Waals surface area contributed by atoms with Gasteiger partial charge in [0.05, 0.1) is 0 Å². The highest BCUT2D eigenvalue weighted by atomic mass is 14.0. The molecule has 0 nitrogen and oxygen atoms in total. The summed E-state index contributed by atoms with van der Waals surface area (Å²) in [4.78, 5) is 0. The normalized spacial score (nSPS) is 15.2. The summed E-state index contributed by atoms with van der Waals surface area (Å²) in [5.74, 6) is 0. The fourth-order valence-electron chi connectivity index (χ4n) is 2.69. The van der Waals surface area contributed by atoms with Crippen LogP contribution in [0.3, 0.4) is 0 Å². The predicted octanol–water partition coefficient (Wildman–Crippen LogP) is 6.67. The van der Waals surface area contributed by atoms with Crippen LogP contribution in [0.4, 0.5) is 0 Å². The molecule has 0 heteroatoms. The van der Waals surface area contributed by atoms with Crippen molar-refractivity contribution in [3.05, 3.63) is 120 Å². The molecule has 2 aliphatic rings. The summed E-state index contributed by atoms with van der Waals surface area (Å²) >= 11 is 0. The van der Waals surface area contributed by atoms with E-state index in [4.69, 9.17) is 0 Å². The fraction of sp³-hybridized carbons (Fsp3) is 0.0833. The van der Waals surface area contributed by atoms with Gasteiger partial charge < -0.3 is 0 Å². The molecule has 2 aliphatic carbocycles. The second kappa shape index (κ2) is 8.69. The molecule has 0 N–H and O–H groups in total. The van der Waals surface area contributed by atoms with E-state index in [9.17, 15) is 0 Å². The summed E-state index contributed by atoms with van der Waals surface area (Å²) in [7, 11) is 0. The van der Waals surface area contributed by atoms with Crippen LogP contribution in [0.25, 0.3) is 11.1 Å². The molecule has 0 amide bonds. The highest BCUT2D eigenvalue weighted by Gasteiger charge is 1.98. The maximum absolute atomic E-state index is 2.19. The lowest BCUT2D eigenvalue weighted by Crippen LogP contribution is -1.86. The Morgan fingerprint density at radius 2 is 0.750 bits per heavy atom. The summed E-state index contributed by atoms with van der Waals surface area (Å²) < 4.78 is 0. The van der Waals surface area contributed by atoms with E-state index in [1.54, 1.807) is 0 Å². The van der Waals surface area contributed by atoms with Crippen LogP contribution < -0.4 is 0 Å². The van der Waals surface area contributed by atoms with Crippen molar-refractivity contribution >= 4 is 0 Å². The van der Waals surface area contributed by atoms with Crippen molar-refractivity contribution in [2.45, 2.75) is 12.8 Å². The van der Waals surface area contributed by atoms with E-state index in [1.807, 2.05) is 12.1 Å². The van der Waals surface area contributed by atoms with Gasteiger partial charge in [-0.2, -0.15) is 0 Å². The molecule has 0 fully saturated rings. The summed E-state index contributed by atoms with van der Waals surface area (Å²) in [6.07, 6.45) is 19.7. The smallest absolute Gasteiger partial charge is 0.0162 e. The highest BCUT2D eigenvalue weighted by molar-refractivity contribution is 5.62. The van der Waals surface area contributed by atoms with Gasteiger partial charge in [0.1, 0.15) is 0 Å². The number of hydrogen-bond donors (Lipinski definition) is 0. The minimum atomic E-state index is 1.07. The first-order valence-corrected chi connectivity index (χ1v) is 8.44. The van der Waals surface area contributed by atoms with E-state index >= 15 is 0 Å². The largest absolute Gasteiger partial charge is 0.0801 e. The third-order valence-corrected chi connectivity index (χ3v) is 3.95. The summed E-state index contributed by atoms with van der Waals surface area (Å²) in [6, 6.07) is 20.8. The van der Waals surface area contributed by atoms with Crippen molar-refractivity contribution in [2.75, 3.05) is 0 Å². The SMILES string of the molecule is C1=CC(=C2C=CCC=C2)C=CC1.c1ccc(-c2ccccc2)cc1. The zero-order valence-electron chi connectivity index (χ0n) is 13.8. The number of allylic oxidation sites excluding steroid dienone is 10. The van der Waals surface area contributed by atoms with E-state index < -0.39 is 0 Å². The quantitative estimate of drug-likeness (QED) is 0.552. The molecule has 0 unspecified atom stereocenters. The highest BCUT2D eigenvalue weighted by Crippen LogP contribution is 2.18. The maximum atomic E-state index is 2.19. The summed E-state index contributed by atoms with van der Waals surface area (Å²) in [5, 5.41) is 0. The monoisotopic (exact) mass is 310 g/mol. The molecular formula is C24H22. The molecule has 4 rings (SSSR count). The fourth-order valence-corrected chi connectivity index (χ4v) is 2.69. The lowest BCUT2D eigenvalue weighted by atomic mass is 10.00. The van der Waals surface area contributed by atoms with Crippen LogP contribution in [-0.2, 0) is 0 Å². The Kier molecular flexibility index (Phi) is 5.80. The maximum Gasteiger partial charge on any atom is -0.0162 e.